The Morgan fingerprint density at radius 3 is 2.43 bits per heavy atom. The Bertz CT molecular complexity index is 1690. The van der Waals surface area contributed by atoms with E-state index in [1.807, 2.05) is 85.8 Å². The van der Waals surface area contributed by atoms with Crippen LogP contribution in [0.2, 0.25) is 0 Å². The first-order valence-corrected chi connectivity index (χ1v) is 12.7. The summed E-state index contributed by atoms with van der Waals surface area (Å²) in [6.07, 6.45) is 0. The van der Waals surface area contributed by atoms with Crippen LogP contribution in [0.15, 0.2) is 111 Å². The second kappa shape index (κ2) is 9.37. The van der Waals surface area contributed by atoms with Crippen molar-refractivity contribution in [3.63, 3.8) is 0 Å². The molecular formula is C31H22BrNO4. The molecule has 0 N–H and O–H groups in total. The van der Waals surface area contributed by atoms with E-state index in [-0.39, 0.29) is 17.1 Å². The Hall–Kier alpha value is -4.16. The van der Waals surface area contributed by atoms with Gasteiger partial charge in [0.05, 0.1) is 17.0 Å². The van der Waals surface area contributed by atoms with Crippen LogP contribution in [0.1, 0.15) is 38.9 Å². The molecule has 1 unspecified atom stereocenters. The summed E-state index contributed by atoms with van der Waals surface area (Å²) in [6.45, 7) is 2.42. The van der Waals surface area contributed by atoms with Crippen LogP contribution >= 0.6 is 15.9 Å². The molecule has 0 saturated carbocycles. The lowest BCUT2D eigenvalue weighted by molar-refractivity contribution is 0.0971. The molecule has 1 aliphatic heterocycles. The summed E-state index contributed by atoms with van der Waals surface area (Å²) in [5.41, 5.74) is 4.10. The maximum atomic E-state index is 13.8. The lowest BCUT2D eigenvalue weighted by Crippen LogP contribution is -2.29. The molecule has 37 heavy (non-hydrogen) atoms. The number of nitrogens with zero attached hydrogens (tertiary/aromatic N) is 1. The molecule has 0 bridgehead atoms. The molecule has 0 aliphatic carbocycles. The highest BCUT2D eigenvalue weighted by Crippen LogP contribution is 2.42. The van der Waals surface area contributed by atoms with E-state index in [1.54, 1.807) is 23.1 Å². The largest absolute Gasteiger partial charge is 0.489 e. The summed E-state index contributed by atoms with van der Waals surface area (Å²) >= 11 is 3.44. The lowest BCUT2D eigenvalue weighted by atomic mass is 9.98. The Balaban J connectivity index is 1.45. The van der Waals surface area contributed by atoms with Gasteiger partial charge in [0.15, 0.2) is 5.43 Å². The van der Waals surface area contributed by atoms with Gasteiger partial charge < -0.3 is 9.15 Å². The van der Waals surface area contributed by atoms with Crippen LogP contribution in [0.4, 0.5) is 5.69 Å². The zero-order chi connectivity index (χ0) is 25.5. The van der Waals surface area contributed by atoms with Gasteiger partial charge in [-0.05, 0) is 66.1 Å². The minimum absolute atomic E-state index is 0.0794. The molecule has 1 aromatic heterocycles. The maximum absolute atomic E-state index is 13.8. The van der Waals surface area contributed by atoms with Gasteiger partial charge in [0.25, 0.3) is 5.91 Å². The molecule has 5 aromatic rings. The molecule has 1 aliphatic rings. The molecule has 1 atom stereocenters. The van der Waals surface area contributed by atoms with Gasteiger partial charge in [0.1, 0.15) is 17.9 Å². The summed E-state index contributed by atoms with van der Waals surface area (Å²) < 4.78 is 12.8. The third-order valence-electron chi connectivity index (χ3n) is 6.56. The van der Waals surface area contributed by atoms with E-state index in [1.165, 1.54) is 0 Å². The Labute approximate surface area is 222 Å². The number of hydrogen-bond donors (Lipinski definition) is 0. The minimum Gasteiger partial charge on any atom is -0.489 e. The normalized spacial score (nSPS) is 14.7. The number of ether oxygens (including phenoxy) is 1. The van der Waals surface area contributed by atoms with E-state index < -0.39 is 6.04 Å². The van der Waals surface area contributed by atoms with Crippen LogP contribution in [-0.2, 0) is 6.61 Å². The third kappa shape index (κ3) is 4.23. The molecule has 5 nitrogen and oxygen atoms in total. The zero-order valence-electron chi connectivity index (χ0n) is 20.0. The summed E-state index contributed by atoms with van der Waals surface area (Å²) in [7, 11) is 0. The van der Waals surface area contributed by atoms with Crippen LogP contribution in [0.5, 0.6) is 5.75 Å². The minimum atomic E-state index is -0.632. The monoisotopic (exact) mass is 551 g/mol. The fourth-order valence-corrected chi connectivity index (χ4v) is 5.15. The third-order valence-corrected chi connectivity index (χ3v) is 7.05. The molecule has 6 heteroatoms. The van der Waals surface area contributed by atoms with Crippen molar-refractivity contribution >= 4 is 38.5 Å². The summed E-state index contributed by atoms with van der Waals surface area (Å²) in [4.78, 5) is 29.2. The zero-order valence-corrected chi connectivity index (χ0v) is 21.6. The number of amides is 1. The lowest BCUT2D eigenvalue weighted by Gasteiger charge is -2.25. The Kier molecular flexibility index (Phi) is 5.89. The molecule has 4 aromatic carbocycles. The molecule has 0 radical (unpaired) electrons. The molecule has 2 heterocycles. The van der Waals surface area contributed by atoms with E-state index in [0.717, 1.165) is 21.2 Å². The number of hydrogen-bond acceptors (Lipinski definition) is 4. The summed E-state index contributed by atoms with van der Waals surface area (Å²) in [6, 6.07) is 29.8. The van der Waals surface area contributed by atoms with Crippen molar-refractivity contribution < 1.29 is 13.9 Å². The standard InChI is InChI=1S/C31H22BrNO4/c1-19-6-5-9-23(16-19)33-28(21-10-13-24(14-11-21)36-18-20-7-3-2-4-8-20)27-29(34)25-17-22(32)12-15-26(25)37-30(27)31(33)35/h2-17,28H,18H2,1H3. The first-order valence-electron chi connectivity index (χ1n) is 11.9. The highest BCUT2D eigenvalue weighted by molar-refractivity contribution is 9.10. The van der Waals surface area contributed by atoms with Gasteiger partial charge in [-0.2, -0.15) is 0 Å². The molecule has 0 saturated heterocycles. The van der Waals surface area contributed by atoms with Gasteiger partial charge >= 0.3 is 0 Å². The van der Waals surface area contributed by atoms with Crippen LogP contribution < -0.4 is 15.1 Å². The smallest absolute Gasteiger partial charge is 0.295 e. The van der Waals surface area contributed by atoms with E-state index in [4.69, 9.17) is 9.15 Å². The molecular weight excluding hydrogens is 530 g/mol. The van der Waals surface area contributed by atoms with Gasteiger partial charge in [0, 0.05) is 10.2 Å². The van der Waals surface area contributed by atoms with Gasteiger partial charge in [-0.25, -0.2) is 0 Å². The molecule has 182 valence electrons. The summed E-state index contributed by atoms with van der Waals surface area (Å²) in [5, 5.41) is 0.430. The van der Waals surface area contributed by atoms with Crippen molar-refractivity contribution in [2.45, 2.75) is 19.6 Å². The number of fused-ring (bicyclic) bond motifs is 2. The van der Waals surface area contributed by atoms with Gasteiger partial charge in [-0.15, -0.1) is 0 Å². The van der Waals surface area contributed by atoms with E-state index in [0.29, 0.717) is 34.6 Å². The van der Waals surface area contributed by atoms with Crippen molar-refractivity contribution in [3.8, 4) is 5.75 Å². The highest BCUT2D eigenvalue weighted by Gasteiger charge is 2.43. The maximum Gasteiger partial charge on any atom is 0.295 e. The second-order valence-corrected chi connectivity index (χ2v) is 9.99. The van der Waals surface area contributed by atoms with Gasteiger partial charge in [-0.3, -0.25) is 14.5 Å². The number of anilines is 1. The predicted octanol–water partition coefficient (Wildman–Crippen LogP) is 7.19. The average Bonchev–Trinajstić information content (AvgIpc) is 3.21. The van der Waals surface area contributed by atoms with Crippen molar-refractivity contribution in [2.75, 3.05) is 4.90 Å². The first-order chi connectivity index (χ1) is 18.0. The van der Waals surface area contributed by atoms with Crippen molar-refractivity contribution in [3.05, 3.63) is 140 Å². The van der Waals surface area contributed by atoms with Crippen molar-refractivity contribution in [2.24, 2.45) is 0 Å². The van der Waals surface area contributed by atoms with Crippen molar-refractivity contribution in [1.29, 1.82) is 0 Å². The Morgan fingerprint density at radius 1 is 0.892 bits per heavy atom. The molecule has 0 fully saturated rings. The fraction of sp³-hybridized carbons (Fsp3) is 0.0968. The quantitative estimate of drug-likeness (QED) is 0.232. The number of benzene rings is 4. The fourth-order valence-electron chi connectivity index (χ4n) is 4.79. The van der Waals surface area contributed by atoms with Crippen LogP contribution in [0.3, 0.4) is 0 Å². The molecule has 1 amide bonds. The average molecular weight is 552 g/mol. The molecule has 6 rings (SSSR count). The Morgan fingerprint density at radius 2 is 1.68 bits per heavy atom. The van der Waals surface area contributed by atoms with E-state index >= 15 is 0 Å². The van der Waals surface area contributed by atoms with Crippen LogP contribution in [0, 0.1) is 6.92 Å². The van der Waals surface area contributed by atoms with Gasteiger partial charge in [0.2, 0.25) is 5.76 Å². The number of rotatable bonds is 5. The second-order valence-electron chi connectivity index (χ2n) is 9.07. The van der Waals surface area contributed by atoms with Gasteiger partial charge in [-0.1, -0.05) is 70.5 Å². The predicted molar refractivity (Wildman–Crippen MR) is 147 cm³/mol. The van der Waals surface area contributed by atoms with Crippen molar-refractivity contribution in [1.82, 2.24) is 0 Å². The first kappa shape index (κ1) is 23.3. The highest BCUT2D eigenvalue weighted by atomic mass is 79.9. The van der Waals surface area contributed by atoms with Crippen LogP contribution in [-0.4, -0.2) is 5.91 Å². The topological polar surface area (TPSA) is 59.8 Å². The number of carbonyl (C=O) groups excluding carboxylic acids is 1. The number of halogens is 1. The van der Waals surface area contributed by atoms with E-state index in [9.17, 15) is 9.59 Å². The summed E-state index contributed by atoms with van der Waals surface area (Å²) in [5.74, 6) is 0.446. The molecule has 0 spiro atoms. The van der Waals surface area contributed by atoms with Crippen LogP contribution in [0.25, 0.3) is 11.0 Å². The van der Waals surface area contributed by atoms with E-state index in [2.05, 4.69) is 15.9 Å². The SMILES string of the molecule is Cc1cccc(N2C(=O)c3oc4ccc(Br)cc4c(=O)c3C2c2ccc(OCc3ccccc3)cc2)c1. The number of carbonyl (C=O) groups is 1. The number of aryl methyl sites for hydroxylation is 1.